The molecule has 1 heterocycles. The molecule has 1 aliphatic carbocycles. The van der Waals surface area contributed by atoms with Gasteiger partial charge in [0.05, 0.1) is 11.7 Å². The minimum absolute atomic E-state index is 0.308. The van der Waals surface area contributed by atoms with Crippen molar-refractivity contribution in [3.05, 3.63) is 0 Å². The van der Waals surface area contributed by atoms with Gasteiger partial charge in [-0.05, 0) is 51.6 Å². The molecule has 1 aliphatic heterocycles. The van der Waals surface area contributed by atoms with Crippen LogP contribution in [0, 0.1) is 5.92 Å². The van der Waals surface area contributed by atoms with E-state index in [4.69, 9.17) is 4.74 Å². The summed E-state index contributed by atoms with van der Waals surface area (Å²) >= 11 is 0. The fourth-order valence-electron chi connectivity index (χ4n) is 3.51. The van der Waals surface area contributed by atoms with Crippen LogP contribution in [0.15, 0.2) is 0 Å². The van der Waals surface area contributed by atoms with Gasteiger partial charge in [-0.2, -0.15) is 0 Å². The summed E-state index contributed by atoms with van der Waals surface area (Å²) in [4.78, 5) is 0. The van der Waals surface area contributed by atoms with Crippen LogP contribution in [0.4, 0.5) is 0 Å². The Morgan fingerprint density at radius 1 is 1.25 bits per heavy atom. The van der Waals surface area contributed by atoms with Crippen molar-refractivity contribution in [1.29, 1.82) is 0 Å². The summed E-state index contributed by atoms with van der Waals surface area (Å²) in [6, 6.07) is 0. The molecule has 2 heteroatoms. The number of hydrogen-bond donors (Lipinski definition) is 1. The van der Waals surface area contributed by atoms with Gasteiger partial charge >= 0.3 is 0 Å². The van der Waals surface area contributed by atoms with E-state index in [1.165, 1.54) is 51.4 Å². The van der Waals surface area contributed by atoms with E-state index in [1.807, 2.05) is 7.05 Å². The zero-order valence-electron chi connectivity index (χ0n) is 10.9. The molecule has 1 saturated carbocycles. The maximum absolute atomic E-state index is 6.38. The molecule has 2 rings (SSSR count). The lowest BCUT2D eigenvalue weighted by atomic mass is 9.83. The van der Waals surface area contributed by atoms with Crippen molar-refractivity contribution in [3.63, 3.8) is 0 Å². The third kappa shape index (κ3) is 2.98. The molecule has 16 heavy (non-hydrogen) atoms. The summed E-state index contributed by atoms with van der Waals surface area (Å²) in [7, 11) is 2.04. The van der Waals surface area contributed by atoms with Gasteiger partial charge in [0.25, 0.3) is 0 Å². The summed E-state index contributed by atoms with van der Waals surface area (Å²) in [5, 5.41) is 3.26. The highest BCUT2D eigenvalue weighted by Crippen LogP contribution is 2.43. The highest BCUT2D eigenvalue weighted by Gasteiger charge is 2.40. The standard InChI is InChI=1S/C14H27NO/c1-12(11-15-2)10-13-6-9-14(16-13)7-4-3-5-8-14/h12-13,15H,3-11H2,1-2H3. The van der Waals surface area contributed by atoms with Crippen molar-refractivity contribution in [3.8, 4) is 0 Å². The minimum atomic E-state index is 0.308. The fourth-order valence-corrected chi connectivity index (χ4v) is 3.51. The number of ether oxygens (including phenoxy) is 1. The van der Waals surface area contributed by atoms with E-state index in [9.17, 15) is 0 Å². The third-order valence-corrected chi connectivity index (χ3v) is 4.32. The second-order valence-electron chi connectivity index (χ2n) is 5.92. The van der Waals surface area contributed by atoms with Crippen molar-refractivity contribution in [2.75, 3.05) is 13.6 Å². The summed E-state index contributed by atoms with van der Waals surface area (Å²) in [5.74, 6) is 0.744. The van der Waals surface area contributed by atoms with Gasteiger partial charge in [-0.3, -0.25) is 0 Å². The molecule has 1 N–H and O–H groups in total. The van der Waals surface area contributed by atoms with E-state index < -0.39 is 0 Å². The zero-order valence-corrected chi connectivity index (χ0v) is 10.9. The first-order valence-corrected chi connectivity index (χ1v) is 7.06. The van der Waals surface area contributed by atoms with Gasteiger partial charge in [-0.25, -0.2) is 0 Å². The molecule has 94 valence electrons. The van der Waals surface area contributed by atoms with Crippen LogP contribution < -0.4 is 5.32 Å². The Morgan fingerprint density at radius 3 is 2.69 bits per heavy atom. The number of rotatable bonds is 4. The maximum atomic E-state index is 6.38. The van der Waals surface area contributed by atoms with Crippen LogP contribution in [0.25, 0.3) is 0 Å². The van der Waals surface area contributed by atoms with E-state index in [2.05, 4.69) is 12.2 Å². The molecule has 1 saturated heterocycles. The van der Waals surface area contributed by atoms with Gasteiger partial charge in [0, 0.05) is 0 Å². The Hall–Kier alpha value is -0.0800. The smallest absolute Gasteiger partial charge is 0.0687 e. The van der Waals surface area contributed by atoms with Crippen molar-refractivity contribution in [2.24, 2.45) is 5.92 Å². The summed E-state index contributed by atoms with van der Waals surface area (Å²) < 4.78 is 6.38. The Balaban J connectivity index is 1.78. The summed E-state index contributed by atoms with van der Waals surface area (Å²) in [6.45, 7) is 3.44. The minimum Gasteiger partial charge on any atom is -0.372 e. The lowest BCUT2D eigenvalue weighted by Gasteiger charge is -2.33. The lowest BCUT2D eigenvalue weighted by molar-refractivity contribution is -0.0691. The van der Waals surface area contributed by atoms with E-state index >= 15 is 0 Å². The Bertz CT molecular complexity index is 211. The first-order valence-electron chi connectivity index (χ1n) is 7.06. The van der Waals surface area contributed by atoms with Gasteiger partial charge in [-0.1, -0.05) is 26.2 Å². The molecule has 0 aromatic rings. The number of nitrogens with one attached hydrogen (secondary N) is 1. The maximum Gasteiger partial charge on any atom is 0.0687 e. The Kier molecular flexibility index (Phi) is 4.26. The second kappa shape index (κ2) is 5.50. The Labute approximate surface area is 100 Å². The largest absolute Gasteiger partial charge is 0.372 e. The third-order valence-electron chi connectivity index (χ3n) is 4.32. The van der Waals surface area contributed by atoms with Crippen molar-refractivity contribution in [2.45, 2.75) is 70.0 Å². The van der Waals surface area contributed by atoms with E-state index in [0.29, 0.717) is 11.7 Å². The van der Waals surface area contributed by atoms with E-state index in [1.54, 1.807) is 0 Å². The molecular weight excluding hydrogens is 198 g/mol. The first-order chi connectivity index (χ1) is 7.74. The first kappa shape index (κ1) is 12.4. The molecule has 2 atom stereocenters. The van der Waals surface area contributed by atoms with Crippen LogP contribution in [0.2, 0.25) is 0 Å². The van der Waals surface area contributed by atoms with E-state index in [-0.39, 0.29) is 0 Å². The molecule has 0 aromatic carbocycles. The highest BCUT2D eigenvalue weighted by atomic mass is 16.5. The van der Waals surface area contributed by atoms with Crippen LogP contribution in [0.3, 0.4) is 0 Å². The topological polar surface area (TPSA) is 21.3 Å². The van der Waals surface area contributed by atoms with Gasteiger partial charge < -0.3 is 10.1 Å². The zero-order chi connectivity index (χ0) is 11.4. The quantitative estimate of drug-likeness (QED) is 0.794. The average molecular weight is 225 g/mol. The monoisotopic (exact) mass is 225 g/mol. The van der Waals surface area contributed by atoms with E-state index in [0.717, 1.165) is 12.5 Å². The molecular formula is C14H27NO. The van der Waals surface area contributed by atoms with Crippen LogP contribution in [-0.2, 0) is 4.74 Å². The molecule has 2 nitrogen and oxygen atoms in total. The molecule has 2 aliphatic rings. The number of hydrogen-bond acceptors (Lipinski definition) is 2. The molecule has 0 aromatic heterocycles. The van der Waals surface area contributed by atoms with Gasteiger partial charge in [0.2, 0.25) is 0 Å². The Morgan fingerprint density at radius 2 is 2.00 bits per heavy atom. The predicted molar refractivity (Wildman–Crippen MR) is 67.6 cm³/mol. The van der Waals surface area contributed by atoms with Crippen molar-refractivity contribution < 1.29 is 4.74 Å². The van der Waals surface area contributed by atoms with Gasteiger partial charge in [0.15, 0.2) is 0 Å². The SMILES string of the molecule is CNCC(C)CC1CCC2(CCCCC2)O1. The van der Waals surface area contributed by atoms with Gasteiger partial charge in [-0.15, -0.1) is 0 Å². The molecule has 0 amide bonds. The van der Waals surface area contributed by atoms with Crippen LogP contribution in [-0.4, -0.2) is 25.3 Å². The summed E-state index contributed by atoms with van der Waals surface area (Å²) in [6.07, 6.45) is 11.2. The van der Waals surface area contributed by atoms with Gasteiger partial charge in [0.1, 0.15) is 0 Å². The van der Waals surface area contributed by atoms with Crippen LogP contribution in [0.1, 0.15) is 58.3 Å². The van der Waals surface area contributed by atoms with Crippen LogP contribution in [0.5, 0.6) is 0 Å². The average Bonchev–Trinajstić information content (AvgIpc) is 2.63. The molecule has 2 unspecified atom stereocenters. The summed E-state index contributed by atoms with van der Waals surface area (Å²) in [5.41, 5.74) is 0.308. The second-order valence-corrected chi connectivity index (χ2v) is 5.92. The van der Waals surface area contributed by atoms with Crippen LogP contribution >= 0.6 is 0 Å². The lowest BCUT2D eigenvalue weighted by Crippen LogP contribution is -2.32. The normalized spacial score (nSPS) is 30.8. The highest BCUT2D eigenvalue weighted by molar-refractivity contribution is 4.91. The van der Waals surface area contributed by atoms with Crippen molar-refractivity contribution >= 4 is 0 Å². The molecule has 2 fully saturated rings. The van der Waals surface area contributed by atoms with Crippen molar-refractivity contribution in [1.82, 2.24) is 5.32 Å². The predicted octanol–water partition coefficient (Wildman–Crippen LogP) is 3.11. The fraction of sp³-hybridized carbons (Fsp3) is 1.00. The molecule has 0 bridgehead atoms. The molecule has 0 radical (unpaired) electrons. The molecule has 1 spiro atoms.